The Morgan fingerprint density at radius 2 is 2.08 bits per heavy atom. The van der Waals surface area contributed by atoms with Crippen LogP contribution in [0.25, 0.3) is 0 Å². The average molecular weight is 421 g/mol. The minimum Gasteiger partial charge on any atom is -0.394 e. The molecule has 1 aliphatic heterocycles. The Bertz CT molecular complexity index is 713. The Kier molecular flexibility index (Phi) is 5.82. The molecule has 2 amide bonds. The molecule has 26 heavy (non-hydrogen) atoms. The third-order valence-electron chi connectivity index (χ3n) is 5.61. The molecule has 1 aliphatic carbocycles. The number of rotatable bonds is 4. The molecule has 1 saturated heterocycles. The first-order chi connectivity index (χ1) is 12.5. The third kappa shape index (κ3) is 4.01. The lowest BCUT2D eigenvalue weighted by Crippen LogP contribution is -2.57. The summed E-state index contributed by atoms with van der Waals surface area (Å²) in [5, 5.41) is 13.2. The number of nitrogens with zero attached hydrogens (tertiary/aromatic N) is 1. The Morgan fingerprint density at radius 1 is 1.35 bits per heavy atom. The number of aliphatic hydroxyl groups is 1. The summed E-state index contributed by atoms with van der Waals surface area (Å²) in [4.78, 5) is 26.2. The fourth-order valence-corrected chi connectivity index (χ4v) is 4.37. The van der Waals surface area contributed by atoms with Crippen molar-refractivity contribution in [3.63, 3.8) is 0 Å². The first kappa shape index (κ1) is 19.1. The van der Waals surface area contributed by atoms with Crippen LogP contribution in [0.5, 0.6) is 0 Å². The molecular formula is C20H25BrN2O3. The van der Waals surface area contributed by atoms with Crippen molar-refractivity contribution >= 4 is 27.7 Å². The molecule has 1 fully saturated rings. The van der Waals surface area contributed by atoms with Gasteiger partial charge in [0.2, 0.25) is 11.8 Å². The maximum Gasteiger partial charge on any atom is 0.245 e. The summed E-state index contributed by atoms with van der Waals surface area (Å²) < 4.78 is 1.05. The fraction of sp³-hybridized carbons (Fsp3) is 0.500. The van der Waals surface area contributed by atoms with E-state index in [0.717, 1.165) is 17.3 Å². The number of nitrogens with one attached hydrogen (secondary N) is 1. The Morgan fingerprint density at radius 3 is 2.73 bits per heavy atom. The minimum atomic E-state index is -0.591. The van der Waals surface area contributed by atoms with Crippen molar-refractivity contribution in [3.05, 3.63) is 46.5 Å². The van der Waals surface area contributed by atoms with E-state index < -0.39 is 5.54 Å². The number of fused-ring (bicyclic) bond motifs is 1. The zero-order chi connectivity index (χ0) is 18.7. The average Bonchev–Trinajstić information content (AvgIpc) is 2.67. The third-order valence-corrected chi connectivity index (χ3v) is 6.11. The number of hydrogen-bond donors (Lipinski definition) is 2. The van der Waals surface area contributed by atoms with Crippen molar-refractivity contribution in [3.8, 4) is 0 Å². The van der Waals surface area contributed by atoms with E-state index in [-0.39, 0.29) is 24.3 Å². The molecule has 0 saturated carbocycles. The van der Waals surface area contributed by atoms with Gasteiger partial charge in [0.25, 0.3) is 0 Å². The van der Waals surface area contributed by atoms with E-state index in [1.807, 2.05) is 6.07 Å². The summed E-state index contributed by atoms with van der Waals surface area (Å²) in [7, 11) is 0. The number of aliphatic hydroxyl groups excluding tert-OH is 1. The maximum absolute atomic E-state index is 12.8. The van der Waals surface area contributed by atoms with Gasteiger partial charge in [0, 0.05) is 23.5 Å². The van der Waals surface area contributed by atoms with Gasteiger partial charge in [-0.1, -0.05) is 28.6 Å². The monoisotopic (exact) mass is 420 g/mol. The SMILES string of the molecule is C=CC(=O)N1CCC(C(=O)NC2(CO)CCc3cc(Br)ccc3C2)CC1. The van der Waals surface area contributed by atoms with Crippen LogP contribution in [-0.4, -0.2) is 47.1 Å². The molecule has 0 bridgehead atoms. The van der Waals surface area contributed by atoms with Crippen LogP contribution in [0.1, 0.15) is 30.4 Å². The predicted molar refractivity (Wildman–Crippen MR) is 104 cm³/mol. The summed E-state index contributed by atoms with van der Waals surface area (Å²) in [6, 6.07) is 6.18. The summed E-state index contributed by atoms with van der Waals surface area (Å²) in [5.41, 5.74) is 1.86. The van der Waals surface area contributed by atoms with E-state index in [1.165, 1.54) is 17.2 Å². The van der Waals surface area contributed by atoms with Gasteiger partial charge in [0.15, 0.2) is 0 Å². The second kappa shape index (κ2) is 7.92. The number of piperidine rings is 1. The standard InChI is InChI=1S/C20H25BrN2O3/c1-2-18(25)23-9-6-14(7-10-23)19(26)22-20(13-24)8-5-15-11-17(21)4-3-16(15)12-20/h2-4,11,14,24H,1,5-10,12-13H2,(H,22,26). The maximum atomic E-state index is 12.8. The molecule has 2 aliphatic rings. The molecule has 1 heterocycles. The highest BCUT2D eigenvalue weighted by atomic mass is 79.9. The van der Waals surface area contributed by atoms with Gasteiger partial charge in [-0.05, 0) is 61.4 Å². The molecule has 5 nitrogen and oxygen atoms in total. The number of amides is 2. The van der Waals surface area contributed by atoms with Crippen molar-refractivity contribution in [1.82, 2.24) is 10.2 Å². The van der Waals surface area contributed by atoms with Gasteiger partial charge in [-0.25, -0.2) is 0 Å². The highest BCUT2D eigenvalue weighted by molar-refractivity contribution is 9.10. The summed E-state index contributed by atoms with van der Waals surface area (Å²) in [5.74, 6) is -0.199. The van der Waals surface area contributed by atoms with Crippen molar-refractivity contribution in [1.29, 1.82) is 0 Å². The molecule has 0 spiro atoms. The Hall–Kier alpha value is -1.66. The van der Waals surface area contributed by atoms with Crippen molar-refractivity contribution in [2.45, 2.75) is 37.6 Å². The smallest absolute Gasteiger partial charge is 0.245 e. The number of aryl methyl sites for hydroxylation is 1. The second-order valence-electron chi connectivity index (χ2n) is 7.32. The Balaban J connectivity index is 1.63. The van der Waals surface area contributed by atoms with Crippen LogP contribution in [0.15, 0.2) is 35.3 Å². The van der Waals surface area contributed by atoms with E-state index in [9.17, 15) is 14.7 Å². The lowest BCUT2D eigenvalue weighted by atomic mass is 9.78. The van der Waals surface area contributed by atoms with Crippen molar-refractivity contribution in [2.75, 3.05) is 19.7 Å². The van der Waals surface area contributed by atoms with E-state index in [2.05, 4.69) is 40.0 Å². The highest BCUT2D eigenvalue weighted by Crippen LogP contribution is 2.31. The largest absolute Gasteiger partial charge is 0.394 e. The number of halogens is 1. The van der Waals surface area contributed by atoms with Gasteiger partial charge in [0.1, 0.15) is 0 Å². The summed E-state index contributed by atoms with van der Waals surface area (Å²) in [6.07, 6.45) is 4.83. The van der Waals surface area contributed by atoms with Gasteiger partial charge in [-0.15, -0.1) is 0 Å². The van der Waals surface area contributed by atoms with E-state index in [0.29, 0.717) is 32.4 Å². The molecule has 140 valence electrons. The molecule has 1 aromatic rings. The lowest BCUT2D eigenvalue weighted by Gasteiger charge is -2.39. The quantitative estimate of drug-likeness (QED) is 0.733. The molecule has 6 heteroatoms. The van der Waals surface area contributed by atoms with Gasteiger partial charge in [0.05, 0.1) is 12.1 Å². The first-order valence-corrected chi connectivity index (χ1v) is 9.87. The zero-order valence-electron chi connectivity index (χ0n) is 14.8. The number of carbonyl (C=O) groups excluding carboxylic acids is 2. The van der Waals surface area contributed by atoms with Crippen LogP contribution < -0.4 is 5.32 Å². The Labute approximate surface area is 162 Å². The number of benzene rings is 1. The van der Waals surface area contributed by atoms with E-state index in [4.69, 9.17) is 0 Å². The number of likely N-dealkylation sites (tertiary alicyclic amines) is 1. The number of hydrogen-bond acceptors (Lipinski definition) is 3. The van der Waals surface area contributed by atoms with Crippen LogP contribution >= 0.6 is 15.9 Å². The topological polar surface area (TPSA) is 69.6 Å². The molecule has 2 N–H and O–H groups in total. The van der Waals surface area contributed by atoms with E-state index >= 15 is 0 Å². The molecular weight excluding hydrogens is 396 g/mol. The van der Waals surface area contributed by atoms with Crippen LogP contribution in [-0.2, 0) is 22.4 Å². The molecule has 0 radical (unpaired) electrons. The summed E-state index contributed by atoms with van der Waals surface area (Å²) in [6.45, 7) is 4.59. The normalized spacial score (nSPS) is 23.2. The van der Waals surface area contributed by atoms with Gasteiger partial charge < -0.3 is 15.3 Å². The molecule has 1 aromatic carbocycles. The van der Waals surface area contributed by atoms with Crippen molar-refractivity contribution in [2.24, 2.45) is 5.92 Å². The zero-order valence-corrected chi connectivity index (χ0v) is 16.4. The number of carbonyl (C=O) groups is 2. The predicted octanol–water partition coefficient (Wildman–Crippen LogP) is 2.21. The van der Waals surface area contributed by atoms with Gasteiger partial charge in [-0.3, -0.25) is 9.59 Å². The minimum absolute atomic E-state index is 0.00897. The van der Waals surface area contributed by atoms with Gasteiger partial charge >= 0.3 is 0 Å². The van der Waals surface area contributed by atoms with Crippen LogP contribution in [0.3, 0.4) is 0 Å². The summed E-state index contributed by atoms with van der Waals surface area (Å²) >= 11 is 3.50. The second-order valence-corrected chi connectivity index (χ2v) is 8.24. The first-order valence-electron chi connectivity index (χ1n) is 9.08. The highest BCUT2D eigenvalue weighted by Gasteiger charge is 2.37. The van der Waals surface area contributed by atoms with Crippen LogP contribution in [0.2, 0.25) is 0 Å². The van der Waals surface area contributed by atoms with Crippen LogP contribution in [0, 0.1) is 5.92 Å². The van der Waals surface area contributed by atoms with E-state index in [1.54, 1.807) is 4.90 Å². The molecule has 0 aromatic heterocycles. The van der Waals surface area contributed by atoms with Gasteiger partial charge in [-0.2, -0.15) is 0 Å². The van der Waals surface area contributed by atoms with Crippen LogP contribution in [0.4, 0.5) is 0 Å². The molecule has 1 atom stereocenters. The fourth-order valence-electron chi connectivity index (χ4n) is 3.96. The molecule has 3 rings (SSSR count). The molecule has 1 unspecified atom stereocenters. The lowest BCUT2D eigenvalue weighted by molar-refractivity contribution is -0.133. The van der Waals surface area contributed by atoms with Crippen molar-refractivity contribution < 1.29 is 14.7 Å².